The molecular formula is C10H16O4. The zero-order valence-electron chi connectivity index (χ0n) is 8.11. The van der Waals surface area contributed by atoms with Gasteiger partial charge in [-0.05, 0) is 0 Å². The Balaban J connectivity index is 0.000000249. The topological polar surface area (TPSA) is 74.6 Å². The summed E-state index contributed by atoms with van der Waals surface area (Å²) in [4.78, 5) is 19.1. The van der Waals surface area contributed by atoms with Crippen molar-refractivity contribution in [2.75, 3.05) is 0 Å². The van der Waals surface area contributed by atoms with E-state index in [9.17, 15) is 9.59 Å². The van der Waals surface area contributed by atoms with Crippen LogP contribution in [0.1, 0.15) is 38.5 Å². The summed E-state index contributed by atoms with van der Waals surface area (Å²) in [5.74, 6) is -2.51. The average Bonchev–Trinajstić information content (AvgIpc) is 2.18. The third kappa shape index (κ3) is 10.7. The summed E-state index contributed by atoms with van der Waals surface area (Å²) in [7, 11) is 0. The monoisotopic (exact) mass is 200 g/mol. The molecule has 0 heterocycles. The molecule has 14 heavy (non-hydrogen) atoms. The molecule has 0 aliphatic heterocycles. The predicted molar refractivity (Wildman–Crippen MR) is 52.1 cm³/mol. The second-order valence-electron chi connectivity index (χ2n) is 3.13. The number of rotatable bonds is 2. The Bertz CT molecular complexity index is 177. The molecule has 1 aliphatic carbocycles. The molecule has 0 unspecified atom stereocenters. The molecule has 0 aromatic rings. The molecule has 0 spiro atoms. The maximum absolute atomic E-state index is 9.55. The Morgan fingerprint density at radius 1 is 0.714 bits per heavy atom. The van der Waals surface area contributed by atoms with Gasteiger partial charge in [0.2, 0.25) is 0 Å². The molecule has 80 valence electrons. The first-order valence-electron chi connectivity index (χ1n) is 4.77. The first-order chi connectivity index (χ1) is 6.63. The van der Waals surface area contributed by atoms with Crippen molar-refractivity contribution < 1.29 is 19.8 Å². The Kier molecular flexibility index (Phi) is 7.50. The lowest BCUT2D eigenvalue weighted by atomic mass is 10.0. The maximum Gasteiger partial charge on any atom is 0.328 e. The summed E-state index contributed by atoms with van der Waals surface area (Å²) < 4.78 is 0. The number of hydrogen-bond acceptors (Lipinski definition) is 2. The van der Waals surface area contributed by atoms with Crippen LogP contribution in [0, 0.1) is 0 Å². The van der Waals surface area contributed by atoms with E-state index >= 15 is 0 Å². The van der Waals surface area contributed by atoms with Gasteiger partial charge in [-0.15, -0.1) is 0 Å². The van der Waals surface area contributed by atoms with E-state index in [1.807, 2.05) is 0 Å². The fourth-order valence-electron chi connectivity index (χ4n) is 1.20. The molecule has 0 atom stereocenters. The van der Waals surface area contributed by atoms with Crippen LogP contribution >= 0.6 is 0 Å². The minimum Gasteiger partial charge on any atom is -0.478 e. The Morgan fingerprint density at radius 3 is 1.07 bits per heavy atom. The highest BCUT2D eigenvalue weighted by molar-refractivity contribution is 5.89. The van der Waals surface area contributed by atoms with Crippen molar-refractivity contribution in [2.24, 2.45) is 0 Å². The van der Waals surface area contributed by atoms with Crippen molar-refractivity contribution in [2.45, 2.75) is 38.5 Å². The van der Waals surface area contributed by atoms with Gasteiger partial charge >= 0.3 is 11.9 Å². The Morgan fingerprint density at radius 2 is 0.929 bits per heavy atom. The molecule has 0 amide bonds. The smallest absolute Gasteiger partial charge is 0.328 e. The van der Waals surface area contributed by atoms with Crippen LogP contribution in [-0.4, -0.2) is 22.2 Å². The summed E-state index contributed by atoms with van der Waals surface area (Å²) in [6.45, 7) is 0. The Labute approximate surface area is 83.2 Å². The third-order valence-electron chi connectivity index (χ3n) is 1.87. The van der Waals surface area contributed by atoms with Crippen molar-refractivity contribution in [3.8, 4) is 0 Å². The lowest BCUT2D eigenvalue weighted by Crippen LogP contribution is -1.91. The second-order valence-corrected chi connectivity index (χ2v) is 3.13. The number of carboxylic acids is 2. The standard InChI is InChI=1S/C6H12.C4H4O4/c1-2-4-6-5-3-1;5-3(6)1-2-4(7)8/h1-6H2;1-2H,(H,5,6)(H,7,8). The van der Waals surface area contributed by atoms with Crippen LogP contribution in [0.25, 0.3) is 0 Å². The molecule has 0 bridgehead atoms. The van der Waals surface area contributed by atoms with Crippen LogP contribution in [0.15, 0.2) is 12.2 Å². The molecule has 0 aromatic carbocycles. The van der Waals surface area contributed by atoms with Crippen LogP contribution in [0.5, 0.6) is 0 Å². The van der Waals surface area contributed by atoms with E-state index in [4.69, 9.17) is 10.2 Å². The normalized spacial score (nSPS) is 15.7. The first kappa shape index (κ1) is 12.7. The minimum absolute atomic E-state index is 0.558. The number of carbonyl (C=O) groups is 2. The minimum atomic E-state index is -1.26. The highest BCUT2D eigenvalue weighted by Crippen LogP contribution is 2.15. The zero-order valence-corrected chi connectivity index (χ0v) is 8.11. The van der Waals surface area contributed by atoms with Crippen molar-refractivity contribution in [1.82, 2.24) is 0 Å². The quantitative estimate of drug-likeness (QED) is 0.669. The van der Waals surface area contributed by atoms with Crippen molar-refractivity contribution >= 4 is 11.9 Å². The van der Waals surface area contributed by atoms with E-state index in [0.29, 0.717) is 12.2 Å². The first-order valence-corrected chi connectivity index (χ1v) is 4.77. The van der Waals surface area contributed by atoms with Gasteiger partial charge in [0, 0.05) is 12.2 Å². The van der Waals surface area contributed by atoms with Gasteiger partial charge < -0.3 is 10.2 Å². The summed E-state index contributed by atoms with van der Waals surface area (Å²) in [6.07, 6.45) is 10.1. The lowest BCUT2D eigenvalue weighted by Gasteiger charge is -2.05. The molecule has 4 heteroatoms. The van der Waals surface area contributed by atoms with Crippen LogP contribution in [0.2, 0.25) is 0 Å². The van der Waals surface area contributed by atoms with E-state index in [2.05, 4.69) is 0 Å². The third-order valence-corrected chi connectivity index (χ3v) is 1.87. The van der Waals surface area contributed by atoms with Crippen LogP contribution in [-0.2, 0) is 9.59 Å². The summed E-state index contributed by atoms with van der Waals surface area (Å²) in [6, 6.07) is 0. The average molecular weight is 200 g/mol. The largest absolute Gasteiger partial charge is 0.478 e. The van der Waals surface area contributed by atoms with Gasteiger partial charge in [0.15, 0.2) is 0 Å². The Hall–Kier alpha value is -1.32. The molecule has 0 radical (unpaired) electrons. The number of carboxylic acid groups (broad SMARTS) is 2. The van der Waals surface area contributed by atoms with Gasteiger partial charge in [0.05, 0.1) is 0 Å². The molecule has 2 N–H and O–H groups in total. The molecule has 1 aliphatic rings. The van der Waals surface area contributed by atoms with E-state index < -0.39 is 11.9 Å². The van der Waals surface area contributed by atoms with E-state index in [0.717, 1.165) is 0 Å². The van der Waals surface area contributed by atoms with Crippen LogP contribution in [0.4, 0.5) is 0 Å². The summed E-state index contributed by atoms with van der Waals surface area (Å²) in [5, 5.41) is 15.6. The fraction of sp³-hybridized carbons (Fsp3) is 0.600. The molecule has 1 saturated carbocycles. The molecule has 1 rings (SSSR count). The highest BCUT2D eigenvalue weighted by Gasteiger charge is 1.95. The van der Waals surface area contributed by atoms with E-state index in [-0.39, 0.29) is 0 Å². The summed E-state index contributed by atoms with van der Waals surface area (Å²) in [5.41, 5.74) is 0. The lowest BCUT2D eigenvalue weighted by molar-refractivity contribution is -0.134. The van der Waals surface area contributed by atoms with Gasteiger partial charge in [-0.3, -0.25) is 0 Å². The van der Waals surface area contributed by atoms with Gasteiger partial charge in [0.25, 0.3) is 0 Å². The number of aliphatic carboxylic acids is 2. The molecular weight excluding hydrogens is 184 g/mol. The van der Waals surface area contributed by atoms with Crippen molar-refractivity contribution in [3.05, 3.63) is 12.2 Å². The van der Waals surface area contributed by atoms with Crippen molar-refractivity contribution in [3.63, 3.8) is 0 Å². The molecule has 0 aromatic heterocycles. The SMILES string of the molecule is C1CCCCC1.O=C(O)C=CC(=O)O. The van der Waals surface area contributed by atoms with Crippen LogP contribution < -0.4 is 0 Å². The fourth-order valence-corrected chi connectivity index (χ4v) is 1.20. The molecule has 4 nitrogen and oxygen atoms in total. The van der Waals surface area contributed by atoms with E-state index in [1.54, 1.807) is 0 Å². The van der Waals surface area contributed by atoms with E-state index in [1.165, 1.54) is 38.5 Å². The second kappa shape index (κ2) is 8.29. The zero-order chi connectivity index (χ0) is 10.8. The van der Waals surface area contributed by atoms with Gasteiger partial charge in [-0.2, -0.15) is 0 Å². The number of hydrogen-bond donors (Lipinski definition) is 2. The maximum atomic E-state index is 9.55. The predicted octanol–water partition coefficient (Wildman–Crippen LogP) is 2.05. The summed E-state index contributed by atoms with van der Waals surface area (Å²) >= 11 is 0. The van der Waals surface area contributed by atoms with Gasteiger partial charge in [-0.1, -0.05) is 38.5 Å². The van der Waals surface area contributed by atoms with Crippen LogP contribution in [0.3, 0.4) is 0 Å². The van der Waals surface area contributed by atoms with Gasteiger partial charge in [-0.25, -0.2) is 9.59 Å². The highest BCUT2D eigenvalue weighted by atomic mass is 16.4. The van der Waals surface area contributed by atoms with Crippen molar-refractivity contribution in [1.29, 1.82) is 0 Å². The van der Waals surface area contributed by atoms with Gasteiger partial charge in [0.1, 0.15) is 0 Å². The molecule has 1 fully saturated rings. The molecule has 0 saturated heterocycles.